The third-order valence-electron chi connectivity index (χ3n) is 4.66. The van der Waals surface area contributed by atoms with Gasteiger partial charge in [0.1, 0.15) is 22.5 Å². The van der Waals surface area contributed by atoms with Crippen LogP contribution in [-0.4, -0.2) is 34.6 Å². The van der Waals surface area contributed by atoms with Crippen molar-refractivity contribution in [3.05, 3.63) is 71.8 Å². The number of carbonyl (C=O) groups excluding carboxylic acids is 1. The Morgan fingerprint density at radius 1 is 0.967 bits per heavy atom. The molecule has 152 valence electrons. The van der Waals surface area contributed by atoms with Crippen molar-refractivity contribution in [3.8, 4) is 17.2 Å². The number of aryl methyl sites for hydroxylation is 2. The molecule has 0 saturated carbocycles. The van der Waals surface area contributed by atoms with Gasteiger partial charge in [0.05, 0.1) is 12.8 Å². The zero-order valence-corrected chi connectivity index (χ0v) is 17.0. The van der Waals surface area contributed by atoms with Gasteiger partial charge in [-0.25, -0.2) is 0 Å². The van der Waals surface area contributed by atoms with E-state index in [0.29, 0.717) is 17.0 Å². The van der Waals surface area contributed by atoms with Crippen molar-refractivity contribution in [2.75, 3.05) is 19.0 Å². The fourth-order valence-corrected chi connectivity index (χ4v) is 3.12. The second kappa shape index (κ2) is 8.24. The van der Waals surface area contributed by atoms with Crippen LogP contribution in [-0.2, 0) is 4.79 Å². The molecule has 0 spiro atoms. The minimum atomic E-state index is -0.239. The van der Waals surface area contributed by atoms with Crippen LogP contribution in [0.4, 0.5) is 5.69 Å². The van der Waals surface area contributed by atoms with E-state index in [1.54, 1.807) is 24.0 Å². The molecule has 0 aliphatic rings. The Kier molecular flexibility index (Phi) is 5.34. The van der Waals surface area contributed by atoms with E-state index in [9.17, 15) is 4.79 Å². The zero-order valence-electron chi connectivity index (χ0n) is 17.0. The van der Waals surface area contributed by atoms with Crippen LogP contribution in [0.2, 0.25) is 0 Å². The third kappa shape index (κ3) is 4.25. The van der Waals surface area contributed by atoms with Gasteiger partial charge in [0.25, 0.3) is 5.91 Å². The first-order chi connectivity index (χ1) is 14.5. The molecule has 7 nitrogen and oxygen atoms in total. The number of hydrogen-bond donors (Lipinski definition) is 1. The van der Waals surface area contributed by atoms with Crippen LogP contribution in [0, 0.1) is 13.8 Å². The summed E-state index contributed by atoms with van der Waals surface area (Å²) in [5, 5.41) is 11.8. The van der Waals surface area contributed by atoms with Gasteiger partial charge in [-0.1, -0.05) is 17.7 Å². The molecule has 30 heavy (non-hydrogen) atoms. The summed E-state index contributed by atoms with van der Waals surface area (Å²) in [6, 6.07) is 18.7. The Labute approximate surface area is 174 Å². The number of methoxy groups -OCH3 is 1. The van der Waals surface area contributed by atoms with Gasteiger partial charge in [0, 0.05) is 5.69 Å². The van der Waals surface area contributed by atoms with Crippen LogP contribution in [0.1, 0.15) is 11.1 Å². The highest BCUT2D eigenvalue weighted by atomic mass is 16.5. The first-order valence-corrected chi connectivity index (χ1v) is 9.53. The van der Waals surface area contributed by atoms with E-state index in [2.05, 4.69) is 15.5 Å². The van der Waals surface area contributed by atoms with Crippen LogP contribution in [0.5, 0.6) is 11.5 Å². The maximum atomic E-state index is 12.3. The van der Waals surface area contributed by atoms with E-state index in [4.69, 9.17) is 9.47 Å². The van der Waals surface area contributed by atoms with E-state index in [-0.39, 0.29) is 12.5 Å². The summed E-state index contributed by atoms with van der Waals surface area (Å²) in [5.41, 5.74) is 5.02. The predicted octanol–water partition coefficient (Wildman–Crippen LogP) is 4.06. The van der Waals surface area contributed by atoms with Crippen molar-refractivity contribution in [2.45, 2.75) is 13.8 Å². The summed E-state index contributed by atoms with van der Waals surface area (Å²) in [6.45, 7) is 3.91. The summed E-state index contributed by atoms with van der Waals surface area (Å²) in [6.07, 6.45) is 0. The van der Waals surface area contributed by atoms with Crippen molar-refractivity contribution in [2.24, 2.45) is 0 Å². The summed E-state index contributed by atoms with van der Waals surface area (Å²) < 4.78 is 10.8. The van der Waals surface area contributed by atoms with Gasteiger partial charge in [-0.05, 0) is 67.9 Å². The maximum Gasteiger partial charge on any atom is 0.262 e. The number of anilines is 1. The molecule has 0 aliphatic heterocycles. The van der Waals surface area contributed by atoms with Gasteiger partial charge in [-0.15, -0.1) is 10.2 Å². The molecule has 0 aliphatic carbocycles. The number of benzene rings is 3. The monoisotopic (exact) mass is 402 g/mol. The molecule has 1 N–H and O–H groups in total. The normalized spacial score (nSPS) is 10.8. The smallest absolute Gasteiger partial charge is 0.262 e. The van der Waals surface area contributed by atoms with Crippen LogP contribution < -0.4 is 14.8 Å². The second-order valence-corrected chi connectivity index (χ2v) is 7.00. The lowest BCUT2D eigenvalue weighted by atomic mass is 10.1. The van der Waals surface area contributed by atoms with Gasteiger partial charge in [-0.3, -0.25) is 4.79 Å². The van der Waals surface area contributed by atoms with Crippen LogP contribution >= 0.6 is 0 Å². The molecule has 0 saturated heterocycles. The first kappa shape index (κ1) is 19.4. The van der Waals surface area contributed by atoms with Gasteiger partial charge < -0.3 is 14.8 Å². The zero-order chi connectivity index (χ0) is 21.1. The number of nitrogens with zero attached hydrogens (tertiary/aromatic N) is 3. The molecule has 1 aromatic heterocycles. The van der Waals surface area contributed by atoms with Crippen LogP contribution in [0.15, 0.2) is 60.7 Å². The minimum absolute atomic E-state index is 0.0690. The van der Waals surface area contributed by atoms with Crippen LogP contribution in [0.3, 0.4) is 0 Å². The predicted molar refractivity (Wildman–Crippen MR) is 115 cm³/mol. The number of fused-ring (bicyclic) bond motifs is 1. The Balaban J connectivity index is 1.44. The Morgan fingerprint density at radius 2 is 1.73 bits per heavy atom. The quantitative estimate of drug-likeness (QED) is 0.526. The number of hydrogen-bond acceptors (Lipinski definition) is 5. The summed E-state index contributed by atoms with van der Waals surface area (Å²) >= 11 is 0. The Morgan fingerprint density at radius 3 is 2.47 bits per heavy atom. The molecule has 7 heteroatoms. The fraction of sp³-hybridized carbons (Fsp3) is 0.174. The van der Waals surface area contributed by atoms with Gasteiger partial charge in [0.15, 0.2) is 6.61 Å². The standard InChI is InChI=1S/C23H22N4O3/c1-15-4-11-22(16(2)12-15)30-14-23(28)24-17-5-10-20-21(13-17)26-27(25-20)18-6-8-19(29-3)9-7-18/h4-13H,14H2,1-3H3,(H,24,28). The molecule has 4 rings (SSSR count). The van der Waals surface area contributed by atoms with E-state index in [1.165, 1.54) is 0 Å². The molecule has 4 aromatic rings. The topological polar surface area (TPSA) is 78.3 Å². The number of aromatic nitrogens is 3. The first-order valence-electron chi connectivity index (χ1n) is 9.53. The summed E-state index contributed by atoms with van der Waals surface area (Å²) in [5.74, 6) is 1.23. The minimum Gasteiger partial charge on any atom is -0.497 e. The third-order valence-corrected chi connectivity index (χ3v) is 4.66. The summed E-state index contributed by atoms with van der Waals surface area (Å²) in [7, 11) is 1.62. The number of nitrogens with one attached hydrogen (secondary N) is 1. The maximum absolute atomic E-state index is 12.3. The highest BCUT2D eigenvalue weighted by molar-refractivity contribution is 5.93. The number of ether oxygens (including phenoxy) is 2. The highest BCUT2D eigenvalue weighted by Crippen LogP contribution is 2.20. The van der Waals surface area contributed by atoms with Crippen molar-refractivity contribution < 1.29 is 14.3 Å². The second-order valence-electron chi connectivity index (χ2n) is 7.00. The Bertz CT molecular complexity index is 1200. The van der Waals surface area contributed by atoms with E-state index < -0.39 is 0 Å². The van der Waals surface area contributed by atoms with Gasteiger partial charge in [-0.2, -0.15) is 4.80 Å². The molecule has 1 heterocycles. The number of rotatable bonds is 6. The molecule has 3 aromatic carbocycles. The Hall–Kier alpha value is -3.87. The molecule has 0 bridgehead atoms. The molecule has 1 amide bonds. The van der Waals surface area contributed by atoms with Crippen molar-refractivity contribution in [1.29, 1.82) is 0 Å². The lowest BCUT2D eigenvalue weighted by molar-refractivity contribution is -0.118. The fourth-order valence-electron chi connectivity index (χ4n) is 3.12. The number of carbonyl (C=O) groups is 1. The molecule has 0 radical (unpaired) electrons. The van der Waals surface area contributed by atoms with Gasteiger partial charge in [0.2, 0.25) is 0 Å². The number of amides is 1. The van der Waals surface area contributed by atoms with Crippen molar-refractivity contribution in [3.63, 3.8) is 0 Å². The van der Waals surface area contributed by atoms with E-state index in [0.717, 1.165) is 28.1 Å². The molecular formula is C23H22N4O3. The lowest BCUT2D eigenvalue weighted by Crippen LogP contribution is -2.20. The molecule has 0 atom stereocenters. The average Bonchev–Trinajstić information content (AvgIpc) is 3.16. The molecule has 0 unspecified atom stereocenters. The van der Waals surface area contributed by atoms with Crippen molar-refractivity contribution in [1.82, 2.24) is 15.0 Å². The molecular weight excluding hydrogens is 380 g/mol. The summed E-state index contributed by atoms with van der Waals surface area (Å²) in [4.78, 5) is 13.9. The average molecular weight is 402 g/mol. The van der Waals surface area contributed by atoms with E-state index >= 15 is 0 Å². The lowest BCUT2D eigenvalue weighted by Gasteiger charge is -2.10. The van der Waals surface area contributed by atoms with Gasteiger partial charge >= 0.3 is 0 Å². The van der Waals surface area contributed by atoms with E-state index in [1.807, 2.05) is 62.4 Å². The molecule has 0 fully saturated rings. The largest absolute Gasteiger partial charge is 0.497 e. The highest BCUT2D eigenvalue weighted by Gasteiger charge is 2.09. The van der Waals surface area contributed by atoms with Crippen LogP contribution in [0.25, 0.3) is 16.7 Å². The van der Waals surface area contributed by atoms with Crippen molar-refractivity contribution >= 4 is 22.6 Å². The SMILES string of the molecule is COc1ccc(-n2nc3ccc(NC(=O)COc4ccc(C)cc4C)cc3n2)cc1.